The van der Waals surface area contributed by atoms with Gasteiger partial charge in [-0.05, 0) is 19.1 Å². The minimum Gasteiger partial charge on any atom is -0.465 e. The number of rotatable bonds is 7. The fraction of sp³-hybridized carbons (Fsp3) is 0.600. The van der Waals surface area contributed by atoms with Gasteiger partial charge in [-0.1, -0.05) is 0 Å². The predicted molar refractivity (Wildman–Crippen MR) is 67.5 cm³/mol. The van der Waals surface area contributed by atoms with Crippen molar-refractivity contribution in [1.29, 1.82) is 0 Å². The van der Waals surface area contributed by atoms with Gasteiger partial charge in [0.25, 0.3) is 0 Å². The molecule has 1 aromatic rings. The molecule has 0 aliphatic heterocycles. The Morgan fingerprint density at radius 2 is 2.56 bits per heavy atom. The summed E-state index contributed by atoms with van der Waals surface area (Å²) in [6.07, 6.45) is 0.646. The van der Waals surface area contributed by atoms with Gasteiger partial charge in [-0.25, -0.2) is 4.98 Å². The monoisotopic (exact) mass is 260 g/mol. The summed E-state index contributed by atoms with van der Waals surface area (Å²) in [5, 5.41) is 2.03. The zero-order valence-corrected chi connectivity index (χ0v) is 10.9. The first kappa shape index (κ1) is 13.5. The molecule has 16 heavy (non-hydrogen) atoms. The van der Waals surface area contributed by atoms with Crippen molar-refractivity contribution < 1.29 is 9.53 Å². The molecule has 90 valence electrons. The highest BCUT2D eigenvalue weighted by Gasteiger charge is 2.13. The second kappa shape index (κ2) is 7.65. The molecule has 0 aliphatic rings. The van der Waals surface area contributed by atoms with E-state index >= 15 is 0 Å². The number of nitrogens with zero attached hydrogens (tertiary/aromatic N) is 1. The van der Waals surface area contributed by atoms with Crippen molar-refractivity contribution in [2.24, 2.45) is 5.73 Å². The van der Waals surface area contributed by atoms with Gasteiger partial charge in [0.1, 0.15) is 6.04 Å². The van der Waals surface area contributed by atoms with Crippen LogP contribution in [-0.2, 0) is 15.3 Å². The first-order valence-corrected chi connectivity index (χ1v) is 7.20. The molecule has 6 heteroatoms. The fourth-order valence-corrected chi connectivity index (χ4v) is 2.66. The van der Waals surface area contributed by atoms with Crippen LogP contribution in [0.2, 0.25) is 0 Å². The fourth-order valence-electron chi connectivity index (χ4n) is 1.06. The molecule has 0 saturated carbocycles. The SMILES string of the molecule is CCOC(=O)C(N)CCSCc1cscn1. The smallest absolute Gasteiger partial charge is 0.322 e. The molecule has 1 unspecified atom stereocenters. The molecule has 0 radical (unpaired) electrons. The Labute approximate surface area is 104 Å². The van der Waals surface area contributed by atoms with Crippen molar-refractivity contribution in [3.63, 3.8) is 0 Å². The normalized spacial score (nSPS) is 12.4. The van der Waals surface area contributed by atoms with Gasteiger partial charge in [0.2, 0.25) is 0 Å². The number of ether oxygens (including phenoxy) is 1. The van der Waals surface area contributed by atoms with Crippen molar-refractivity contribution in [1.82, 2.24) is 4.98 Å². The molecular weight excluding hydrogens is 244 g/mol. The number of hydrogen-bond donors (Lipinski definition) is 1. The zero-order valence-electron chi connectivity index (χ0n) is 9.22. The van der Waals surface area contributed by atoms with Gasteiger partial charge >= 0.3 is 5.97 Å². The summed E-state index contributed by atoms with van der Waals surface area (Å²) in [6.45, 7) is 2.17. The Morgan fingerprint density at radius 3 is 3.19 bits per heavy atom. The summed E-state index contributed by atoms with van der Waals surface area (Å²) in [5.74, 6) is 1.41. The zero-order chi connectivity index (χ0) is 11.8. The van der Waals surface area contributed by atoms with Crippen LogP contribution in [0.4, 0.5) is 0 Å². The van der Waals surface area contributed by atoms with E-state index in [4.69, 9.17) is 10.5 Å². The Kier molecular flexibility index (Phi) is 6.44. The van der Waals surface area contributed by atoms with Crippen LogP contribution in [0.1, 0.15) is 19.0 Å². The van der Waals surface area contributed by atoms with Gasteiger partial charge in [-0.15, -0.1) is 11.3 Å². The number of esters is 1. The molecule has 2 N–H and O–H groups in total. The summed E-state index contributed by atoms with van der Waals surface area (Å²) >= 11 is 3.32. The number of carbonyl (C=O) groups excluding carboxylic acids is 1. The van der Waals surface area contributed by atoms with Gasteiger partial charge in [0.15, 0.2) is 0 Å². The van der Waals surface area contributed by atoms with E-state index in [9.17, 15) is 4.79 Å². The number of aromatic nitrogens is 1. The summed E-state index contributed by atoms with van der Waals surface area (Å²) in [5.41, 5.74) is 8.56. The van der Waals surface area contributed by atoms with Crippen LogP contribution in [0.3, 0.4) is 0 Å². The number of nitrogens with two attached hydrogens (primary N) is 1. The number of hydrogen-bond acceptors (Lipinski definition) is 6. The number of thioether (sulfide) groups is 1. The second-order valence-electron chi connectivity index (χ2n) is 3.18. The Balaban J connectivity index is 2.08. The molecule has 0 aliphatic carbocycles. The van der Waals surface area contributed by atoms with Gasteiger partial charge < -0.3 is 10.5 Å². The molecule has 0 spiro atoms. The Bertz CT molecular complexity index is 304. The molecule has 0 amide bonds. The lowest BCUT2D eigenvalue weighted by molar-refractivity contribution is -0.144. The van der Waals surface area contributed by atoms with E-state index in [1.165, 1.54) is 0 Å². The number of thiazole rings is 1. The van der Waals surface area contributed by atoms with Crippen LogP contribution < -0.4 is 5.73 Å². The average Bonchev–Trinajstić information content (AvgIpc) is 2.77. The van der Waals surface area contributed by atoms with Crippen LogP contribution in [0.15, 0.2) is 10.9 Å². The van der Waals surface area contributed by atoms with Crippen LogP contribution >= 0.6 is 23.1 Å². The van der Waals surface area contributed by atoms with E-state index in [1.54, 1.807) is 30.0 Å². The molecule has 1 atom stereocenters. The Morgan fingerprint density at radius 1 is 1.75 bits per heavy atom. The molecule has 0 saturated heterocycles. The second-order valence-corrected chi connectivity index (χ2v) is 5.00. The van der Waals surface area contributed by atoms with Gasteiger partial charge in [-0.2, -0.15) is 11.8 Å². The van der Waals surface area contributed by atoms with Crippen molar-refractivity contribution in [2.75, 3.05) is 12.4 Å². The molecule has 1 rings (SSSR count). The van der Waals surface area contributed by atoms with E-state index in [-0.39, 0.29) is 5.97 Å². The lowest BCUT2D eigenvalue weighted by Crippen LogP contribution is -2.32. The molecule has 0 aromatic carbocycles. The highest BCUT2D eigenvalue weighted by atomic mass is 32.2. The topological polar surface area (TPSA) is 65.2 Å². The van der Waals surface area contributed by atoms with Crippen LogP contribution in [0.25, 0.3) is 0 Å². The minimum atomic E-state index is -0.497. The van der Waals surface area contributed by atoms with Crippen LogP contribution in [-0.4, -0.2) is 29.4 Å². The van der Waals surface area contributed by atoms with Crippen molar-refractivity contribution in [3.8, 4) is 0 Å². The third-order valence-corrected chi connectivity index (χ3v) is 3.56. The Hall–Kier alpha value is -0.590. The summed E-state index contributed by atoms with van der Waals surface area (Å²) in [7, 11) is 0. The first-order valence-electron chi connectivity index (χ1n) is 5.11. The van der Waals surface area contributed by atoms with Crippen molar-refractivity contribution >= 4 is 29.1 Å². The van der Waals surface area contributed by atoms with Crippen LogP contribution in [0, 0.1) is 0 Å². The highest BCUT2D eigenvalue weighted by molar-refractivity contribution is 7.98. The molecule has 0 fully saturated rings. The van der Waals surface area contributed by atoms with Crippen molar-refractivity contribution in [3.05, 3.63) is 16.6 Å². The van der Waals surface area contributed by atoms with E-state index < -0.39 is 6.04 Å². The predicted octanol–water partition coefficient (Wildman–Crippen LogP) is 1.66. The minimum absolute atomic E-state index is 0.309. The van der Waals surface area contributed by atoms with E-state index in [0.29, 0.717) is 13.0 Å². The van der Waals surface area contributed by atoms with Gasteiger partial charge in [-0.3, -0.25) is 4.79 Å². The lowest BCUT2D eigenvalue weighted by atomic mass is 10.2. The highest BCUT2D eigenvalue weighted by Crippen LogP contribution is 2.13. The summed E-state index contributed by atoms with van der Waals surface area (Å²) in [6, 6.07) is -0.497. The summed E-state index contributed by atoms with van der Waals surface area (Å²) < 4.78 is 4.82. The van der Waals surface area contributed by atoms with E-state index in [0.717, 1.165) is 17.2 Å². The lowest BCUT2D eigenvalue weighted by Gasteiger charge is -2.09. The van der Waals surface area contributed by atoms with Gasteiger partial charge in [0, 0.05) is 11.1 Å². The maximum Gasteiger partial charge on any atom is 0.322 e. The quantitative estimate of drug-likeness (QED) is 0.596. The molecule has 1 heterocycles. The van der Waals surface area contributed by atoms with E-state index in [1.807, 2.05) is 10.9 Å². The summed E-state index contributed by atoms with van der Waals surface area (Å²) in [4.78, 5) is 15.4. The molecule has 4 nitrogen and oxygen atoms in total. The maximum absolute atomic E-state index is 11.2. The largest absolute Gasteiger partial charge is 0.465 e. The first-order chi connectivity index (χ1) is 7.74. The third-order valence-electron chi connectivity index (χ3n) is 1.90. The molecule has 1 aromatic heterocycles. The van der Waals surface area contributed by atoms with Gasteiger partial charge in [0.05, 0.1) is 17.8 Å². The number of carbonyl (C=O) groups is 1. The van der Waals surface area contributed by atoms with Crippen LogP contribution in [0.5, 0.6) is 0 Å². The van der Waals surface area contributed by atoms with E-state index in [2.05, 4.69) is 4.98 Å². The average molecular weight is 260 g/mol. The third kappa shape index (κ3) is 4.96. The standard InChI is InChI=1S/C10H16N2O2S2/c1-2-14-10(13)9(11)3-4-15-5-8-6-16-7-12-8/h6-7,9H,2-5,11H2,1H3. The van der Waals surface area contributed by atoms with Crippen molar-refractivity contribution in [2.45, 2.75) is 25.1 Å². The molecular formula is C10H16N2O2S2. The molecule has 0 bridgehead atoms. The maximum atomic E-state index is 11.2.